The van der Waals surface area contributed by atoms with Gasteiger partial charge in [0.1, 0.15) is 5.75 Å². The summed E-state index contributed by atoms with van der Waals surface area (Å²) in [5.41, 5.74) is 1.97. The Bertz CT molecular complexity index is 965. The second-order valence-electron chi connectivity index (χ2n) is 6.57. The molecule has 0 unspecified atom stereocenters. The molecule has 5 heteroatoms. The fourth-order valence-electron chi connectivity index (χ4n) is 3.32. The zero-order valence-electron chi connectivity index (χ0n) is 14.9. The van der Waals surface area contributed by atoms with Crippen molar-refractivity contribution in [3.8, 4) is 5.75 Å². The highest BCUT2D eigenvalue weighted by atomic mass is 16.5. The van der Waals surface area contributed by atoms with E-state index in [0.717, 1.165) is 35.9 Å². The normalized spacial score (nSPS) is 13.3. The number of nitrogens with zero attached hydrogens (tertiary/aromatic N) is 2. The van der Waals surface area contributed by atoms with Gasteiger partial charge < -0.3 is 4.74 Å². The lowest BCUT2D eigenvalue weighted by atomic mass is 10.1. The molecule has 0 atom stereocenters. The maximum atomic E-state index is 12.3. The zero-order valence-corrected chi connectivity index (χ0v) is 14.9. The molecule has 0 fully saturated rings. The molecule has 2 heterocycles. The number of hydrogen-bond acceptors (Lipinski definition) is 4. The first-order valence-electron chi connectivity index (χ1n) is 9.17. The highest BCUT2D eigenvalue weighted by Crippen LogP contribution is 2.23. The van der Waals surface area contributed by atoms with Crippen LogP contribution in [0.1, 0.15) is 40.0 Å². The summed E-state index contributed by atoms with van der Waals surface area (Å²) in [4.78, 5) is 30.2. The Kier molecular flexibility index (Phi) is 4.83. The van der Waals surface area contributed by atoms with Crippen LogP contribution in [0.2, 0.25) is 0 Å². The number of imide groups is 1. The highest BCUT2D eigenvalue weighted by Gasteiger charge is 2.34. The SMILES string of the molecule is O=C1c2ccccc2C(=O)N1CCCCCOc1ccc2ncccc2c1. The first kappa shape index (κ1) is 17.2. The number of carbonyl (C=O) groups is 2. The van der Waals surface area contributed by atoms with Crippen LogP contribution < -0.4 is 4.74 Å². The predicted octanol–water partition coefficient (Wildman–Crippen LogP) is 4.08. The maximum Gasteiger partial charge on any atom is 0.261 e. The van der Waals surface area contributed by atoms with Crippen molar-refractivity contribution in [2.24, 2.45) is 0 Å². The van der Waals surface area contributed by atoms with Gasteiger partial charge in [0, 0.05) is 18.1 Å². The van der Waals surface area contributed by atoms with Gasteiger partial charge >= 0.3 is 0 Å². The van der Waals surface area contributed by atoms with Crippen LogP contribution in [-0.2, 0) is 0 Å². The number of hydrogen-bond donors (Lipinski definition) is 0. The number of carbonyl (C=O) groups excluding carboxylic acids is 2. The van der Waals surface area contributed by atoms with Crippen molar-refractivity contribution >= 4 is 22.7 Å². The molecule has 27 heavy (non-hydrogen) atoms. The molecule has 0 spiro atoms. The lowest BCUT2D eigenvalue weighted by Crippen LogP contribution is -2.30. The molecule has 4 rings (SSSR count). The smallest absolute Gasteiger partial charge is 0.261 e. The first-order chi connectivity index (χ1) is 13.2. The van der Waals surface area contributed by atoms with Crippen LogP contribution in [0.25, 0.3) is 10.9 Å². The van der Waals surface area contributed by atoms with E-state index in [2.05, 4.69) is 4.98 Å². The van der Waals surface area contributed by atoms with E-state index in [0.29, 0.717) is 24.3 Å². The van der Waals surface area contributed by atoms with Gasteiger partial charge in [-0.1, -0.05) is 18.2 Å². The standard InChI is InChI=1S/C22H20N2O3/c25-21-18-8-2-3-9-19(18)22(26)24(21)13-4-1-5-14-27-17-10-11-20-16(15-17)7-6-12-23-20/h2-3,6-12,15H,1,4-5,13-14H2. The molecular weight excluding hydrogens is 340 g/mol. The van der Waals surface area contributed by atoms with Crippen molar-refractivity contribution in [2.75, 3.05) is 13.2 Å². The van der Waals surface area contributed by atoms with Gasteiger partial charge in [-0.25, -0.2) is 0 Å². The summed E-state index contributed by atoms with van der Waals surface area (Å²) in [5, 5.41) is 1.06. The molecule has 0 saturated carbocycles. The number of aromatic nitrogens is 1. The average molecular weight is 360 g/mol. The van der Waals surface area contributed by atoms with Crippen molar-refractivity contribution in [3.63, 3.8) is 0 Å². The Morgan fingerprint density at radius 3 is 2.41 bits per heavy atom. The maximum absolute atomic E-state index is 12.3. The molecule has 1 aromatic heterocycles. The number of fused-ring (bicyclic) bond motifs is 2. The van der Waals surface area contributed by atoms with Crippen molar-refractivity contribution in [2.45, 2.75) is 19.3 Å². The monoisotopic (exact) mass is 360 g/mol. The summed E-state index contributed by atoms with van der Waals surface area (Å²) < 4.78 is 5.80. The molecule has 0 radical (unpaired) electrons. The first-order valence-corrected chi connectivity index (χ1v) is 9.17. The van der Waals surface area contributed by atoms with E-state index in [4.69, 9.17) is 4.74 Å². The minimum absolute atomic E-state index is 0.184. The van der Waals surface area contributed by atoms with Crippen LogP contribution in [0, 0.1) is 0 Å². The van der Waals surface area contributed by atoms with Gasteiger partial charge in [0.25, 0.3) is 11.8 Å². The molecule has 0 bridgehead atoms. The fraction of sp³-hybridized carbons (Fsp3) is 0.227. The topological polar surface area (TPSA) is 59.5 Å². The van der Waals surface area contributed by atoms with E-state index in [9.17, 15) is 9.59 Å². The van der Waals surface area contributed by atoms with E-state index in [1.54, 1.807) is 30.5 Å². The minimum Gasteiger partial charge on any atom is -0.494 e. The molecule has 0 saturated heterocycles. The number of ether oxygens (including phenoxy) is 1. The van der Waals surface area contributed by atoms with Crippen molar-refractivity contribution < 1.29 is 14.3 Å². The van der Waals surface area contributed by atoms with Gasteiger partial charge in [-0.2, -0.15) is 0 Å². The molecule has 5 nitrogen and oxygen atoms in total. The van der Waals surface area contributed by atoms with Crippen LogP contribution >= 0.6 is 0 Å². The lowest BCUT2D eigenvalue weighted by molar-refractivity contribution is 0.0651. The average Bonchev–Trinajstić information content (AvgIpc) is 2.95. The van der Waals surface area contributed by atoms with Gasteiger partial charge in [0.15, 0.2) is 0 Å². The second-order valence-corrected chi connectivity index (χ2v) is 6.57. The van der Waals surface area contributed by atoms with E-state index in [1.807, 2.05) is 30.3 Å². The number of pyridine rings is 1. The Labute approximate surface area is 157 Å². The second kappa shape index (κ2) is 7.58. The molecule has 3 aromatic rings. The van der Waals surface area contributed by atoms with E-state index < -0.39 is 0 Å². The Hall–Kier alpha value is -3.21. The van der Waals surface area contributed by atoms with Crippen molar-refractivity contribution in [1.82, 2.24) is 9.88 Å². The van der Waals surface area contributed by atoms with Gasteiger partial charge in [-0.3, -0.25) is 19.5 Å². The predicted molar refractivity (Wildman–Crippen MR) is 103 cm³/mol. The summed E-state index contributed by atoms with van der Waals surface area (Å²) in [7, 11) is 0. The van der Waals surface area contributed by atoms with E-state index in [1.165, 1.54) is 4.90 Å². The lowest BCUT2D eigenvalue weighted by Gasteiger charge is -2.13. The van der Waals surface area contributed by atoms with Crippen LogP contribution in [0.4, 0.5) is 0 Å². The highest BCUT2D eigenvalue weighted by molar-refractivity contribution is 6.21. The van der Waals surface area contributed by atoms with Gasteiger partial charge in [-0.15, -0.1) is 0 Å². The fourth-order valence-corrected chi connectivity index (χ4v) is 3.32. The third-order valence-electron chi connectivity index (χ3n) is 4.75. The molecule has 0 N–H and O–H groups in total. The summed E-state index contributed by atoms with van der Waals surface area (Å²) in [6.07, 6.45) is 4.31. The van der Waals surface area contributed by atoms with E-state index >= 15 is 0 Å². The van der Waals surface area contributed by atoms with Crippen molar-refractivity contribution in [1.29, 1.82) is 0 Å². The van der Waals surface area contributed by atoms with Crippen LogP contribution in [-0.4, -0.2) is 34.8 Å². The zero-order chi connectivity index (χ0) is 18.6. The molecule has 2 aromatic carbocycles. The summed E-state index contributed by atoms with van der Waals surface area (Å²) in [5.74, 6) is 0.462. The molecular formula is C22H20N2O3. The Morgan fingerprint density at radius 1 is 0.852 bits per heavy atom. The number of rotatable bonds is 7. The molecule has 136 valence electrons. The number of amides is 2. The third kappa shape index (κ3) is 3.53. The summed E-state index contributed by atoms with van der Waals surface area (Å²) >= 11 is 0. The van der Waals surface area contributed by atoms with Gasteiger partial charge in [-0.05, 0) is 55.7 Å². The van der Waals surface area contributed by atoms with E-state index in [-0.39, 0.29) is 11.8 Å². The van der Waals surface area contributed by atoms with Crippen molar-refractivity contribution in [3.05, 3.63) is 71.9 Å². The van der Waals surface area contributed by atoms with Crippen LogP contribution in [0.5, 0.6) is 5.75 Å². The largest absolute Gasteiger partial charge is 0.494 e. The summed E-state index contributed by atoms with van der Waals surface area (Å²) in [6, 6.07) is 16.8. The van der Waals surface area contributed by atoms with Gasteiger partial charge in [0.2, 0.25) is 0 Å². The van der Waals surface area contributed by atoms with Crippen LogP contribution in [0.3, 0.4) is 0 Å². The molecule has 2 amide bonds. The van der Waals surface area contributed by atoms with Crippen LogP contribution in [0.15, 0.2) is 60.8 Å². The molecule has 1 aliphatic heterocycles. The third-order valence-corrected chi connectivity index (χ3v) is 4.75. The Morgan fingerprint density at radius 2 is 1.63 bits per heavy atom. The minimum atomic E-state index is -0.184. The van der Waals surface area contributed by atoms with Gasteiger partial charge in [0.05, 0.1) is 23.3 Å². The quantitative estimate of drug-likeness (QED) is 0.470. The molecule has 0 aliphatic carbocycles. The summed E-state index contributed by atoms with van der Waals surface area (Å²) in [6.45, 7) is 1.06. The number of benzene rings is 2. The molecule has 1 aliphatic rings. The Balaban J connectivity index is 1.22. The number of unbranched alkanes of at least 4 members (excludes halogenated alkanes) is 2.